The number of likely N-dealkylation sites (tertiary alicyclic amines) is 1. The maximum absolute atomic E-state index is 13.1. The van der Waals surface area contributed by atoms with Crippen molar-refractivity contribution >= 4 is 11.8 Å². The van der Waals surface area contributed by atoms with Gasteiger partial charge < -0.3 is 15.0 Å². The van der Waals surface area contributed by atoms with E-state index in [4.69, 9.17) is 4.74 Å². The number of amides is 2. The lowest BCUT2D eigenvalue weighted by Crippen LogP contribution is -2.47. The number of methoxy groups -OCH3 is 1. The largest absolute Gasteiger partial charge is 0.497 e. The number of nitrogens with zero attached hydrogens (tertiary/aromatic N) is 1. The zero-order valence-electron chi connectivity index (χ0n) is 16.8. The van der Waals surface area contributed by atoms with Gasteiger partial charge in [0.05, 0.1) is 19.1 Å². The Bertz CT molecular complexity index is 849. The van der Waals surface area contributed by atoms with Crippen molar-refractivity contribution in [2.24, 2.45) is 5.92 Å². The van der Waals surface area contributed by atoms with E-state index in [0.717, 1.165) is 22.4 Å². The molecule has 1 aliphatic rings. The highest BCUT2D eigenvalue weighted by atomic mass is 16.5. The van der Waals surface area contributed by atoms with E-state index in [1.54, 1.807) is 7.11 Å². The number of ether oxygens (including phenoxy) is 1. The Morgan fingerprint density at radius 1 is 1.21 bits per heavy atom. The summed E-state index contributed by atoms with van der Waals surface area (Å²) in [6, 6.07) is 15.4. The maximum atomic E-state index is 13.1. The third kappa shape index (κ3) is 4.19. The second kappa shape index (κ2) is 8.91. The molecule has 2 amide bonds. The molecular formula is C23H28N2O3. The highest BCUT2D eigenvalue weighted by molar-refractivity contribution is 5.85. The number of carbonyl (C=O) groups is 2. The van der Waals surface area contributed by atoms with Crippen LogP contribution in [-0.2, 0) is 16.1 Å². The standard InChI is InChI=1S/C23H28N2O3/c1-4-25-21(26)13-12-20(22(25)17-10-7-11-19(14-17)28-3)23(27)24-15-18-9-6-5-8-16(18)2/h5-11,14,20,22H,4,12-13,15H2,1-3H3,(H,24,27)/t20-,22+/m1/s1. The molecule has 0 saturated carbocycles. The van der Waals surface area contributed by atoms with Gasteiger partial charge in [-0.05, 0) is 49.1 Å². The summed E-state index contributed by atoms with van der Waals surface area (Å²) >= 11 is 0. The highest BCUT2D eigenvalue weighted by Crippen LogP contribution is 2.37. The van der Waals surface area contributed by atoms with E-state index in [9.17, 15) is 9.59 Å². The maximum Gasteiger partial charge on any atom is 0.225 e. The van der Waals surface area contributed by atoms with Gasteiger partial charge in [-0.2, -0.15) is 0 Å². The Labute approximate surface area is 166 Å². The molecule has 0 spiro atoms. The van der Waals surface area contributed by atoms with E-state index in [1.165, 1.54) is 0 Å². The Hall–Kier alpha value is -2.82. The Morgan fingerprint density at radius 3 is 2.71 bits per heavy atom. The van der Waals surface area contributed by atoms with Gasteiger partial charge in [-0.25, -0.2) is 0 Å². The van der Waals surface area contributed by atoms with Gasteiger partial charge >= 0.3 is 0 Å². The van der Waals surface area contributed by atoms with Gasteiger partial charge in [0.1, 0.15) is 5.75 Å². The molecule has 0 bridgehead atoms. The molecule has 1 fully saturated rings. The van der Waals surface area contributed by atoms with Crippen molar-refractivity contribution in [3.63, 3.8) is 0 Å². The molecule has 28 heavy (non-hydrogen) atoms. The first-order valence-corrected chi connectivity index (χ1v) is 9.80. The first kappa shape index (κ1) is 19.9. The van der Waals surface area contributed by atoms with Gasteiger partial charge in [0.25, 0.3) is 0 Å². The minimum absolute atomic E-state index is 0.0120. The fourth-order valence-corrected chi connectivity index (χ4v) is 3.96. The van der Waals surface area contributed by atoms with Crippen molar-refractivity contribution in [1.82, 2.24) is 10.2 Å². The summed E-state index contributed by atoms with van der Waals surface area (Å²) in [5, 5.41) is 3.09. The SMILES string of the molecule is CCN1C(=O)CC[C@@H](C(=O)NCc2ccccc2C)[C@@H]1c1cccc(OC)c1. The molecule has 0 aliphatic carbocycles. The summed E-state index contributed by atoms with van der Waals surface area (Å²) in [7, 11) is 1.62. The predicted molar refractivity (Wildman–Crippen MR) is 109 cm³/mol. The van der Waals surface area contributed by atoms with Crippen LogP contribution in [0.2, 0.25) is 0 Å². The number of rotatable bonds is 6. The second-order valence-electron chi connectivity index (χ2n) is 7.19. The number of hydrogen-bond donors (Lipinski definition) is 1. The van der Waals surface area contributed by atoms with Gasteiger partial charge in [0, 0.05) is 19.5 Å². The summed E-state index contributed by atoms with van der Waals surface area (Å²) < 4.78 is 5.35. The van der Waals surface area contributed by atoms with Gasteiger partial charge in [-0.1, -0.05) is 36.4 Å². The first-order chi connectivity index (χ1) is 13.5. The number of piperidine rings is 1. The fourth-order valence-electron chi connectivity index (χ4n) is 3.96. The third-order valence-electron chi connectivity index (χ3n) is 5.53. The lowest BCUT2D eigenvalue weighted by atomic mass is 9.83. The van der Waals surface area contributed by atoms with Crippen LogP contribution in [0, 0.1) is 12.8 Å². The van der Waals surface area contributed by atoms with Gasteiger partial charge in [-0.3, -0.25) is 9.59 Å². The van der Waals surface area contributed by atoms with Crippen LogP contribution in [0.4, 0.5) is 0 Å². The number of nitrogens with one attached hydrogen (secondary N) is 1. The van der Waals surface area contributed by atoms with Crippen LogP contribution in [0.25, 0.3) is 0 Å². The summed E-state index contributed by atoms with van der Waals surface area (Å²) in [6.07, 6.45) is 0.952. The molecular weight excluding hydrogens is 352 g/mol. The van der Waals surface area contributed by atoms with E-state index in [-0.39, 0.29) is 23.8 Å². The summed E-state index contributed by atoms with van der Waals surface area (Å²) in [5.74, 6) is 0.528. The number of carbonyl (C=O) groups excluding carboxylic acids is 2. The summed E-state index contributed by atoms with van der Waals surface area (Å²) in [6.45, 7) is 5.06. The second-order valence-corrected chi connectivity index (χ2v) is 7.19. The molecule has 2 aromatic carbocycles. The number of benzene rings is 2. The molecule has 1 saturated heterocycles. The van der Waals surface area contributed by atoms with Crippen LogP contribution >= 0.6 is 0 Å². The van der Waals surface area contributed by atoms with Crippen LogP contribution < -0.4 is 10.1 Å². The topological polar surface area (TPSA) is 58.6 Å². The quantitative estimate of drug-likeness (QED) is 0.833. The van der Waals surface area contributed by atoms with Crippen LogP contribution in [0.5, 0.6) is 5.75 Å². The van der Waals surface area contributed by atoms with Crippen molar-refractivity contribution in [3.8, 4) is 5.75 Å². The molecule has 1 aliphatic heterocycles. The fraction of sp³-hybridized carbons (Fsp3) is 0.391. The molecule has 5 heteroatoms. The smallest absolute Gasteiger partial charge is 0.225 e. The lowest BCUT2D eigenvalue weighted by molar-refractivity contribution is -0.143. The minimum atomic E-state index is -0.284. The zero-order valence-corrected chi connectivity index (χ0v) is 16.8. The Morgan fingerprint density at radius 2 is 2.00 bits per heavy atom. The molecule has 1 N–H and O–H groups in total. The third-order valence-corrected chi connectivity index (χ3v) is 5.53. The molecule has 0 radical (unpaired) electrons. The molecule has 0 aromatic heterocycles. The predicted octanol–water partition coefficient (Wildman–Crippen LogP) is 3.62. The van der Waals surface area contributed by atoms with E-state index >= 15 is 0 Å². The monoisotopic (exact) mass is 380 g/mol. The van der Waals surface area contributed by atoms with Crippen molar-refractivity contribution in [1.29, 1.82) is 0 Å². The van der Waals surface area contributed by atoms with Crippen LogP contribution in [0.15, 0.2) is 48.5 Å². The average Bonchev–Trinajstić information content (AvgIpc) is 2.72. The lowest BCUT2D eigenvalue weighted by Gasteiger charge is -2.40. The number of aryl methyl sites for hydroxylation is 1. The van der Waals surface area contributed by atoms with Crippen molar-refractivity contribution in [2.75, 3.05) is 13.7 Å². The summed E-state index contributed by atoms with van der Waals surface area (Å²) in [5.41, 5.74) is 3.19. The zero-order chi connectivity index (χ0) is 20.1. The molecule has 1 heterocycles. The van der Waals surface area contributed by atoms with E-state index in [0.29, 0.717) is 25.9 Å². The van der Waals surface area contributed by atoms with Crippen molar-refractivity contribution < 1.29 is 14.3 Å². The molecule has 5 nitrogen and oxygen atoms in total. The highest BCUT2D eigenvalue weighted by Gasteiger charge is 2.39. The number of hydrogen-bond acceptors (Lipinski definition) is 3. The Kier molecular flexibility index (Phi) is 6.34. The van der Waals surface area contributed by atoms with Gasteiger partial charge in [0.15, 0.2) is 0 Å². The van der Waals surface area contributed by atoms with Gasteiger partial charge in [-0.15, -0.1) is 0 Å². The van der Waals surface area contributed by atoms with Crippen molar-refractivity contribution in [2.45, 2.75) is 39.3 Å². The van der Waals surface area contributed by atoms with Crippen molar-refractivity contribution in [3.05, 3.63) is 65.2 Å². The summed E-state index contributed by atoms with van der Waals surface area (Å²) in [4.78, 5) is 27.4. The molecule has 3 rings (SSSR count). The molecule has 2 aromatic rings. The van der Waals surface area contributed by atoms with Gasteiger partial charge in [0.2, 0.25) is 11.8 Å². The van der Waals surface area contributed by atoms with Crippen LogP contribution in [0.3, 0.4) is 0 Å². The average molecular weight is 380 g/mol. The molecule has 148 valence electrons. The van der Waals surface area contributed by atoms with Crippen LogP contribution in [0.1, 0.15) is 42.5 Å². The Balaban J connectivity index is 1.84. The first-order valence-electron chi connectivity index (χ1n) is 9.80. The normalized spacial score (nSPS) is 19.4. The van der Waals surface area contributed by atoms with E-state index < -0.39 is 0 Å². The minimum Gasteiger partial charge on any atom is -0.497 e. The van der Waals surface area contributed by atoms with E-state index in [1.807, 2.05) is 67.3 Å². The van der Waals surface area contributed by atoms with Crippen LogP contribution in [-0.4, -0.2) is 30.4 Å². The molecule has 0 unspecified atom stereocenters. The van der Waals surface area contributed by atoms with E-state index in [2.05, 4.69) is 5.32 Å². The molecule has 2 atom stereocenters.